The lowest BCUT2D eigenvalue weighted by molar-refractivity contribution is -0.120. The summed E-state index contributed by atoms with van der Waals surface area (Å²) in [7, 11) is 0. The van der Waals surface area contributed by atoms with Crippen molar-refractivity contribution in [2.45, 2.75) is 26.3 Å². The lowest BCUT2D eigenvalue weighted by Crippen LogP contribution is -2.30. The zero-order valence-electron chi connectivity index (χ0n) is 12.3. The highest BCUT2D eigenvalue weighted by Gasteiger charge is 2.25. The highest BCUT2D eigenvalue weighted by molar-refractivity contribution is 5.92. The predicted octanol–water partition coefficient (Wildman–Crippen LogP) is 2.27. The number of amides is 1. The maximum Gasteiger partial charge on any atom is 0.230 e. The molecular formula is C16H17N5O. The number of imidazole rings is 2. The first-order valence-electron chi connectivity index (χ1n) is 7.46. The van der Waals surface area contributed by atoms with Crippen LogP contribution >= 0.6 is 0 Å². The Morgan fingerprint density at radius 2 is 2.36 bits per heavy atom. The van der Waals surface area contributed by atoms with Gasteiger partial charge in [-0.05, 0) is 31.0 Å². The Labute approximate surface area is 127 Å². The Balaban J connectivity index is 1.51. The van der Waals surface area contributed by atoms with Crippen molar-refractivity contribution in [3.05, 3.63) is 42.0 Å². The summed E-state index contributed by atoms with van der Waals surface area (Å²) in [6.45, 7) is 2.87. The van der Waals surface area contributed by atoms with Crippen molar-refractivity contribution >= 4 is 22.9 Å². The lowest BCUT2D eigenvalue weighted by atomic mass is 9.97. The third-order valence-electron chi connectivity index (χ3n) is 4.20. The van der Waals surface area contributed by atoms with Crippen LogP contribution < -0.4 is 5.32 Å². The number of rotatable bonds is 2. The molecule has 6 nitrogen and oxygen atoms in total. The van der Waals surface area contributed by atoms with Crippen LogP contribution in [-0.4, -0.2) is 25.4 Å². The number of carbonyl (C=O) groups excluding carboxylic acids is 1. The fraction of sp³-hybridized carbons (Fsp3) is 0.312. The Morgan fingerprint density at radius 1 is 1.45 bits per heavy atom. The van der Waals surface area contributed by atoms with Crippen molar-refractivity contribution in [1.29, 1.82) is 0 Å². The number of hydrogen-bond acceptors (Lipinski definition) is 3. The Bertz CT molecular complexity index is 847. The molecule has 112 valence electrons. The van der Waals surface area contributed by atoms with Gasteiger partial charge < -0.3 is 9.55 Å². The minimum atomic E-state index is -0.0511. The van der Waals surface area contributed by atoms with Crippen molar-refractivity contribution in [1.82, 2.24) is 19.5 Å². The fourth-order valence-corrected chi connectivity index (χ4v) is 2.98. The first-order valence-corrected chi connectivity index (χ1v) is 7.46. The molecular weight excluding hydrogens is 278 g/mol. The summed E-state index contributed by atoms with van der Waals surface area (Å²) in [4.78, 5) is 24.3. The number of hydrogen-bond donors (Lipinski definition) is 2. The first kappa shape index (κ1) is 13.1. The SMILES string of the molecule is Cc1ccc2nc(NC(=O)C3CCn4ccnc4C3)[nH]c2c1. The van der Waals surface area contributed by atoms with E-state index in [0.29, 0.717) is 12.4 Å². The smallest absolute Gasteiger partial charge is 0.230 e. The van der Waals surface area contributed by atoms with Crippen LogP contribution in [0.2, 0.25) is 0 Å². The van der Waals surface area contributed by atoms with Gasteiger partial charge in [0.1, 0.15) is 5.82 Å². The molecule has 0 bridgehead atoms. The average Bonchev–Trinajstić information content (AvgIpc) is 3.11. The van der Waals surface area contributed by atoms with Gasteiger partial charge in [0.05, 0.1) is 11.0 Å². The van der Waals surface area contributed by atoms with Crippen LogP contribution in [0.25, 0.3) is 11.0 Å². The van der Waals surface area contributed by atoms with Crippen LogP contribution in [0.4, 0.5) is 5.95 Å². The number of carbonyl (C=O) groups is 1. The van der Waals surface area contributed by atoms with Crippen molar-refractivity contribution in [2.75, 3.05) is 5.32 Å². The van der Waals surface area contributed by atoms with Gasteiger partial charge >= 0.3 is 0 Å². The molecule has 2 aromatic heterocycles. The summed E-state index contributed by atoms with van der Waals surface area (Å²) in [5, 5.41) is 2.90. The minimum absolute atomic E-state index is 0.00466. The van der Waals surface area contributed by atoms with E-state index in [-0.39, 0.29) is 11.8 Å². The van der Waals surface area contributed by atoms with Gasteiger partial charge in [0.15, 0.2) is 0 Å². The average molecular weight is 295 g/mol. The van der Waals surface area contributed by atoms with Crippen molar-refractivity contribution in [3.63, 3.8) is 0 Å². The first-order chi connectivity index (χ1) is 10.7. The molecule has 3 aromatic rings. The third-order valence-corrected chi connectivity index (χ3v) is 4.20. The van der Waals surface area contributed by atoms with Crippen LogP contribution in [0.3, 0.4) is 0 Å². The molecule has 0 saturated heterocycles. The molecule has 4 rings (SSSR count). The number of aryl methyl sites for hydroxylation is 2. The van der Waals surface area contributed by atoms with E-state index < -0.39 is 0 Å². The number of aromatic nitrogens is 4. The Hall–Kier alpha value is -2.63. The number of benzene rings is 1. The standard InChI is InChI=1S/C16H17N5O/c1-10-2-3-12-13(8-10)19-16(18-12)20-15(22)11-4-6-21-7-5-17-14(21)9-11/h2-3,5,7-8,11H,4,6,9H2,1H3,(H2,18,19,20,22). The number of aromatic amines is 1. The van der Waals surface area contributed by atoms with Gasteiger partial charge in [-0.25, -0.2) is 9.97 Å². The normalized spacial score (nSPS) is 17.4. The fourth-order valence-electron chi connectivity index (χ4n) is 2.98. The van der Waals surface area contributed by atoms with Crippen LogP contribution in [0.15, 0.2) is 30.6 Å². The molecule has 0 fully saturated rings. The molecule has 0 aliphatic carbocycles. The van der Waals surface area contributed by atoms with E-state index in [0.717, 1.165) is 35.4 Å². The van der Waals surface area contributed by atoms with E-state index in [1.54, 1.807) is 6.20 Å². The van der Waals surface area contributed by atoms with Crippen molar-refractivity contribution in [2.24, 2.45) is 5.92 Å². The van der Waals surface area contributed by atoms with Crippen LogP contribution in [-0.2, 0) is 17.8 Å². The van der Waals surface area contributed by atoms with Crippen LogP contribution in [0.5, 0.6) is 0 Å². The molecule has 6 heteroatoms. The molecule has 0 radical (unpaired) electrons. The van der Waals surface area contributed by atoms with Gasteiger partial charge in [-0.3, -0.25) is 10.1 Å². The van der Waals surface area contributed by atoms with Gasteiger partial charge in [-0.2, -0.15) is 0 Å². The maximum atomic E-state index is 12.4. The molecule has 1 aliphatic rings. The quantitative estimate of drug-likeness (QED) is 0.761. The topological polar surface area (TPSA) is 75.6 Å². The molecule has 0 spiro atoms. The monoisotopic (exact) mass is 295 g/mol. The second-order valence-electron chi connectivity index (χ2n) is 5.82. The Morgan fingerprint density at radius 3 is 3.27 bits per heavy atom. The summed E-state index contributed by atoms with van der Waals surface area (Å²) in [6, 6.07) is 5.99. The van der Waals surface area contributed by atoms with E-state index in [1.165, 1.54) is 0 Å². The molecule has 1 unspecified atom stereocenters. The van der Waals surface area contributed by atoms with Crippen molar-refractivity contribution in [3.8, 4) is 0 Å². The number of anilines is 1. The van der Waals surface area contributed by atoms with Gasteiger partial charge in [0.25, 0.3) is 0 Å². The maximum absolute atomic E-state index is 12.4. The second kappa shape index (κ2) is 4.98. The second-order valence-corrected chi connectivity index (χ2v) is 5.82. The number of H-pyrrole nitrogens is 1. The summed E-state index contributed by atoms with van der Waals surface area (Å²) in [6.07, 6.45) is 5.26. The van der Waals surface area contributed by atoms with E-state index in [2.05, 4.69) is 24.8 Å². The summed E-state index contributed by atoms with van der Waals surface area (Å²) >= 11 is 0. The van der Waals surface area contributed by atoms with Gasteiger partial charge in [0, 0.05) is 31.3 Å². The third kappa shape index (κ3) is 2.26. The Kier molecular flexibility index (Phi) is 2.96. The summed E-state index contributed by atoms with van der Waals surface area (Å²) < 4.78 is 2.10. The molecule has 3 heterocycles. The number of nitrogens with one attached hydrogen (secondary N) is 2. The number of nitrogens with zero attached hydrogens (tertiary/aromatic N) is 3. The predicted molar refractivity (Wildman–Crippen MR) is 83.5 cm³/mol. The van der Waals surface area contributed by atoms with Crippen LogP contribution in [0.1, 0.15) is 17.8 Å². The van der Waals surface area contributed by atoms with E-state index >= 15 is 0 Å². The largest absolute Gasteiger partial charge is 0.335 e. The van der Waals surface area contributed by atoms with E-state index in [1.807, 2.05) is 31.3 Å². The van der Waals surface area contributed by atoms with Gasteiger partial charge in [-0.1, -0.05) is 6.07 Å². The highest BCUT2D eigenvalue weighted by Crippen LogP contribution is 2.21. The summed E-state index contributed by atoms with van der Waals surface area (Å²) in [5.41, 5.74) is 2.96. The summed E-state index contributed by atoms with van der Waals surface area (Å²) in [5.74, 6) is 1.45. The van der Waals surface area contributed by atoms with Crippen LogP contribution in [0, 0.1) is 12.8 Å². The van der Waals surface area contributed by atoms with Gasteiger partial charge in [-0.15, -0.1) is 0 Å². The zero-order chi connectivity index (χ0) is 15.1. The van der Waals surface area contributed by atoms with Gasteiger partial charge in [0.2, 0.25) is 11.9 Å². The van der Waals surface area contributed by atoms with E-state index in [4.69, 9.17) is 0 Å². The molecule has 22 heavy (non-hydrogen) atoms. The highest BCUT2D eigenvalue weighted by atomic mass is 16.2. The molecule has 0 saturated carbocycles. The molecule has 1 amide bonds. The van der Waals surface area contributed by atoms with E-state index in [9.17, 15) is 4.79 Å². The number of fused-ring (bicyclic) bond motifs is 2. The molecule has 1 aliphatic heterocycles. The minimum Gasteiger partial charge on any atom is -0.335 e. The lowest BCUT2D eigenvalue weighted by Gasteiger charge is -2.21. The van der Waals surface area contributed by atoms with Crippen molar-refractivity contribution < 1.29 is 4.79 Å². The zero-order valence-corrected chi connectivity index (χ0v) is 12.3. The molecule has 1 aromatic carbocycles. The molecule has 1 atom stereocenters. The molecule has 2 N–H and O–H groups in total.